The van der Waals surface area contributed by atoms with Gasteiger partial charge in [0.2, 0.25) is 0 Å². The highest BCUT2D eigenvalue weighted by molar-refractivity contribution is 5.37. The van der Waals surface area contributed by atoms with Crippen molar-refractivity contribution in [3.8, 4) is 0 Å². The van der Waals surface area contributed by atoms with Crippen LogP contribution in [0.1, 0.15) is 42.5 Å². The van der Waals surface area contributed by atoms with Gasteiger partial charge in [-0.25, -0.2) is 0 Å². The first-order valence-electron chi connectivity index (χ1n) is 6.43. The van der Waals surface area contributed by atoms with Gasteiger partial charge in [0.1, 0.15) is 0 Å². The van der Waals surface area contributed by atoms with Crippen LogP contribution in [-0.4, -0.2) is 18.3 Å². The van der Waals surface area contributed by atoms with E-state index in [4.69, 9.17) is 5.73 Å². The Bertz CT molecular complexity index is 414. The molecule has 2 aliphatic rings. The van der Waals surface area contributed by atoms with E-state index < -0.39 is 0 Å². The zero-order valence-corrected chi connectivity index (χ0v) is 10.0. The van der Waals surface area contributed by atoms with Crippen LogP contribution >= 0.6 is 0 Å². The van der Waals surface area contributed by atoms with Crippen LogP contribution in [0.15, 0.2) is 24.3 Å². The lowest BCUT2D eigenvalue weighted by molar-refractivity contribution is 0.203. The molecule has 3 rings (SSSR count). The number of nitrogens with two attached hydrogens (primary N) is 1. The largest absolute Gasteiger partial charge is 0.396 e. The average Bonchev–Trinajstić information content (AvgIpc) is 3.08. The first-order chi connectivity index (χ1) is 8.24. The van der Waals surface area contributed by atoms with Crippen molar-refractivity contribution in [2.75, 3.05) is 13.2 Å². The fourth-order valence-electron chi connectivity index (χ4n) is 2.77. The number of hydrogen-bond acceptors (Lipinski definition) is 3. The molecule has 3 nitrogen and oxygen atoms in total. The van der Waals surface area contributed by atoms with Gasteiger partial charge >= 0.3 is 0 Å². The number of fused-ring (bicyclic) bond motifs is 1. The quantitative estimate of drug-likeness (QED) is 0.737. The third kappa shape index (κ3) is 1.99. The fourth-order valence-corrected chi connectivity index (χ4v) is 2.77. The molecule has 3 heteroatoms. The molecule has 0 spiro atoms. The normalized spacial score (nSPS) is 29.1. The number of hydrogen-bond donors (Lipinski definition) is 3. The summed E-state index contributed by atoms with van der Waals surface area (Å²) in [5.74, 6) is 0. The summed E-state index contributed by atoms with van der Waals surface area (Å²) >= 11 is 0. The standard InChI is InChI=1S/C14H20N2O/c15-12-7-13(11-4-2-1-3-10(11)12)16-8-14(9-17)5-6-14/h1-4,12-13,16-17H,5-9,15H2. The first-order valence-corrected chi connectivity index (χ1v) is 6.43. The summed E-state index contributed by atoms with van der Waals surface area (Å²) in [6, 6.07) is 8.94. The fraction of sp³-hybridized carbons (Fsp3) is 0.571. The maximum absolute atomic E-state index is 9.31. The Balaban J connectivity index is 1.70. The molecule has 1 aromatic carbocycles. The molecule has 0 amide bonds. The minimum atomic E-state index is 0.160. The van der Waals surface area contributed by atoms with Gasteiger partial charge in [0.25, 0.3) is 0 Å². The van der Waals surface area contributed by atoms with E-state index in [1.54, 1.807) is 0 Å². The van der Waals surface area contributed by atoms with Crippen molar-refractivity contribution >= 4 is 0 Å². The molecular weight excluding hydrogens is 212 g/mol. The Morgan fingerprint density at radius 1 is 1.29 bits per heavy atom. The second kappa shape index (κ2) is 4.09. The second-order valence-electron chi connectivity index (χ2n) is 5.56. The van der Waals surface area contributed by atoms with Gasteiger partial charge in [0.05, 0.1) is 0 Å². The van der Waals surface area contributed by atoms with Crippen molar-refractivity contribution in [2.45, 2.75) is 31.3 Å². The van der Waals surface area contributed by atoms with Crippen LogP contribution in [-0.2, 0) is 0 Å². The molecule has 2 aliphatic carbocycles. The molecule has 0 saturated heterocycles. The highest BCUT2D eigenvalue weighted by atomic mass is 16.3. The van der Waals surface area contributed by atoms with Crippen LogP contribution in [0.4, 0.5) is 0 Å². The number of aliphatic hydroxyl groups is 1. The highest BCUT2D eigenvalue weighted by Gasteiger charge is 2.42. The lowest BCUT2D eigenvalue weighted by atomic mass is 10.1. The summed E-state index contributed by atoms with van der Waals surface area (Å²) < 4.78 is 0. The minimum absolute atomic E-state index is 0.160. The Morgan fingerprint density at radius 2 is 2.00 bits per heavy atom. The molecule has 1 aromatic rings. The Morgan fingerprint density at radius 3 is 2.65 bits per heavy atom. The Labute approximate surface area is 102 Å². The highest BCUT2D eigenvalue weighted by Crippen LogP contribution is 2.45. The molecule has 2 atom stereocenters. The van der Waals surface area contributed by atoms with Crippen molar-refractivity contribution in [3.05, 3.63) is 35.4 Å². The van der Waals surface area contributed by atoms with Crippen molar-refractivity contribution in [1.29, 1.82) is 0 Å². The molecule has 92 valence electrons. The van der Waals surface area contributed by atoms with Crippen LogP contribution in [0, 0.1) is 5.41 Å². The summed E-state index contributed by atoms with van der Waals surface area (Å²) in [6.45, 7) is 1.22. The molecule has 17 heavy (non-hydrogen) atoms. The van der Waals surface area contributed by atoms with E-state index in [1.165, 1.54) is 11.1 Å². The average molecular weight is 232 g/mol. The molecule has 1 saturated carbocycles. The van der Waals surface area contributed by atoms with Gasteiger partial charge in [-0.1, -0.05) is 24.3 Å². The van der Waals surface area contributed by atoms with Gasteiger partial charge in [0.15, 0.2) is 0 Å². The monoisotopic (exact) mass is 232 g/mol. The van der Waals surface area contributed by atoms with E-state index >= 15 is 0 Å². The molecular formula is C14H20N2O. The van der Waals surface area contributed by atoms with Gasteiger partial charge in [-0.15, -0.1) is 0 Å². The van der Waals surface area contributed by atoms with Crippen LogP contribution < -0.4 is 11.1 Å². The third-order valence-electron chi connectivity index (χ3n) is 4.28. The lowest BCUT2D eigenvalue weighted by Gasteiger charge is -2.18. The lowest BCUT2D eigenvalue weighted by Crippen LogP contribution is -2.29. The van der Waals surface area contributed by atoms with Crippen molar-refractivity contribution in [2.24, 2.45) is 11.1 Å². The molecule has 4 N–H and O–H groups in total. The molecule has 0 bridgehead atoms. The predicted molar refractivity (Wildman–Crippen MR) is 67.5 cm³/mol. The van der Waals surface area contributed by atoms with Gasteiger partial charge in [-0.2, -0.15) is 0 Å². The van der Waals surface area contributed by atoms with E-state index in [2.05, 4.69) is 29.6 Å². The van der Waals surface area contributed by atoms with Crippen molar-refractivity contribution in [1.82, 2.24) is 5.32 Å². The van der Waals surface area contributed by atoms with Crippen LogP contribution in [0.2, 0.25) is 0 Å². The zero-order chi connectivity index (χ0) is 11.9. The summed E-state index contributed by atoms with van der Waals surface area (Å²) in [7, 11) is 0. The SMILES string of the molecule is NC1CC(NCC2(CO)CC2)c2ccccc21. The molecule has 0 aliphatic heterocycles. The van der Waals surface area contributed by atoms with Gasteiger partial charge in [-0.3, -0.25) is 0 Å². The Hall–Kier alpha value is -0.900. The molecule has 0 aromatic heterocycles. The number of rotatable bonds is 4. The van der Waals surface area contributed by atoms with Crippen molar-refractivity contribution in [3.63, 3.8) is 0 Å². The zero-order valence-electron chi connectivity index (χ0n) is 10.0. The number of nitrogens with one attached hydrogen (secondary N) is 1. The summed E-state index contributed by atoms with van der Waals surface area (Å²) in [5, 5.41) is 12.9. The molecule has 1 fully saturated rings. The van der Waals surface area contributed by atoms with Crippen LogP contribution in [0.3, 0.4) is 0 Å². The van der Waals surface area contributed by atoms with E-state index in [0.29, 0.717) is 12.6 Å². The van der Waals surface area contributed by atoms with E-state index in [-0.39, 0.29) is 11.5 Å². The van der Waals surface area contributed by atoms with Crippen molar-refractivity contribution < 1.29 is 5.11 Å². The van der Waals surface area contributed by atoms with Crippen LogP contribution in [0.25, 0.3) is 0 Å². The first kappa shape index (κ1) is 11.2. The topological polar surface area (TPSA) is 58.3 Å². The second-order valence-corrected chi connectivity index (χ2v) is 5.56. The molecule has 0 heterocycles. The third-order valence-corrected chi connectivity index (χ3v) is 4.28. The molecule has 0 radical (unpaired) electrons. The predicted octanol–water partition coefficient (Wildman–Crippen LogP) is 1.49. The smallest absolute Gasteiger partial charge is 0.0499 e. The van der Waals surface area contributed by atoms with Crippen LogP contribution in [0.5, 0.6) is 0 Å². The molecule has 2 unspecified atom stereocenters. The number of aliphatic hydroxyl groups excluding tert-OH is 1. The van der Waals surface area contributed by atoms with E-state index in [9.17, 15) is 5.11 Å². The van der Waals surface area contributed by atoms with Gasteiger partial charge < -0.3 is 16.2 Å². The maximum atomic E-state index is 9.31. The Kier molecular flexibility index (Phi) is 2.69. The summed E-state index contributed by atoms with van der Waals surface area (Å²) in [6.07, 6.45) is 3.27. The number of benzene rings is 1. The maximum Gasteiger partial charge on any atom is 0.0499 e. The van der Waals surface area contributed by atoms with E-state index in [1.807, 2.05) is 0 Å². The summed E-state index contributed by atoms with van der Waals surface area (Å²) in [5.41, 5.74) is 8.92. The summed E-state index contributed by atoms with van der Waals surface area (Å²) in [4.78, 5) is 0. The minimum Gasteiger partial charge on any atom is -0.396 e. The van der Waals surface area contributed by atoms with Gasteiger partial charge in [-0.05, 0) is 30.4 Å². The van der Waals surface area contributed by atoms with E-state index in [0.717, 1.165) is 25.8 Å². The van der Waals surface area contributed by atoms with Gasteiger partial charge in [0, 0.05) is 30.7 Å².